The highest BCUT2D eigenvalue weighted by atomic mass is 35.5. The predicted molar refractivity (Wildman–Crippen MR) is 122 cm³/mol. The van der Waals surface area contributed by atoms with E-state index in [4.69, 9.17) is 23.2 Å². The Morgan fingerprint density at radius 1 is 1.03 bits per heavy atom. The molecule has 1 fully saturated rings. The van der Waals surface area contributed by atoms with Gasteiger partial charge in [0, 0.05) is 32.2 Å². The highest BCUT2D eigenvalue weighted by Crippen LogP contribution is 2.34. The number of nitrogens with zero attached hydrogens (tertiary/aromatic N) is 6. The maximum absolute atomic E-state index is 6.35. The van der Waals surface area contributed by atoms with E-state index in [0.717, 1.165) is 32.0 Å². The van der Waals surface area contributed by atoms with Crippen LogP contribution in [0.2, 0.25) is 10.0 Å². The van der Waals surface area contributed by atoms with Crippen molar-refractivity contribution in [3.05, 3.63) is 46.5 Å². The van der Waals surface area contributed by atoms with Crippen LogP contribution >= 0.6 is 23.2 Å². The molecule has 0 atom stereocenters. The van der Waals surface area contributed by atoms with Crippen molar-refractivity contribution in [2.45, 2.75) is 6.92 Å². The Labute approximate surface area is 188 Å². The van der Waals surface area contributed by atoms with E-state index in [1.54, 1.807) is 18.2 Å². The van der Waals surface area contributed by atoms with Crippen LogP contribution in [0.15, 0.2) is 30.6 Å². The SMILES string of the molecule is Cc1nc(Nc2ncnc3nc(-c4c(Cl)cccc4Cl)[nH]c23)cc(N2CCNCC2)n1. The second-order valence-electron chi connectivity index (χ2n) is 7.12. The summed E-state index contributed by atoms with van der Waals surface area (Å²) in [5, 5.41) is 7.63. The summed E-state index contributed by atoms with van der Waals surface area (Å²) in [5.41, 5.74) is 1.75. The van der Waals surface area contributed by atoms with E-state index in [1.165, 1.54) is 6.33 Å². The third kappa shape index (κ3) is 3.99. The van der Waals surface area contributed by atoms with Crippen molar-refractivity contribution in [2.75, 3.05) is 36.4 Å². The molecule has 0 bridgehead atoms. The quantitative estimate of drug-likeness (QED) is 0.428. The van der Waals surface area contributed by atoms with Gasteiger partial charge < -0.3 is 20.5 Å². The summed E-state index contributed by atoms with van der Waals surface area (Å²) in [7, 11) is 0. The molecular formula is C20H19Cl2N9. The molecular weight excluding hydrogens is 437 g/mol. The number of piperazine rings is 1. The van der Waals surface area contributed by atoms with E-state index in [0.29, 0.717) is 50.1 Å². The molecule has 0 amide bonds. The molecule has 0 radical (unpaired) electrons. The van der Waals surface area contributed by atoms with Gasteiger partial charge in [-0.05, 0) is 19.1 Å². The van der Waals surface area contributed by atoms with Crippen molar-refractivity contribution in [1.82, 2.24) is 35.2 Å². The van der Waals surface area contributed by atoms with E-state index in [-0.39, 0.29) is 0 Å². The predicted octanol–water partition coefficient (Wildman–Crippen LogP) is 3.58. The van der Waals surface area contributed by atoms with Gasteiger partial charge in [-0.1, -0.05) is 29.3 Å². The van der Waals surface area contributed by atoms with E-state index in [9.17, 15) is 0 Å². The number of hydrogen-bond donors (Lipinski definition) is 3. The van der Waals surface area contributed by atoms with Crippen LogP contribution < -0.4 is 15.5 Å². The average molecular weight is 456 g/mol. The zero-order chi connectivity index (χ0) is 21.4. The van der Waals surface area contributed by atoms with Gasteiger partial charge in [0.2, 0.25) is 0 Å². The van der Waals surface area contributed by atoms with E-state index >= 15 is 0 Å². The van der Waals surface area contributed by atoms with Crippen molar-refractivity contribution >= 4 is 51.8 Å². The first-order chi connectivity index (χ1) is 15.1. The first-order valence-corrected chi connectivity index (χ1v) is 10.6. The van der Waals surface area contributed by atoms with Gasteiger partial charge in [-0.25, -0.2) is 24.9 Å². The van der Waals surface area contributed by atoms with Crippen molar-refractivity contribution < 1.29 is 0 Å². The molecule has 158 valence electrons. The molecule has 31 heavy (non-hydrogen) atoms. The Bertz CT molecular complexity index is 1230. The van der Waals surface area contributed by atoms with Gasteiger partial charge >= 0.3 is 0 Å². The van der Waals surface area contributed by atoms with Crippen LogP contribution in [0.25, 0.3) is 22.6 Å². The number of rotatable bonds is 4. The Hall–Kier alpha value is -3.01. The van der Waals surface area contributed by atoms with Gasteiger partial charge in [0.05, 0.1) is 15.6 Å². The summed E-state index contributed by atoms with van der Waals surface area (Å²) in [6.07, 6.45) is 1.45. The number of fused-ring (bicyclic) bond motifs is 1. The fourth-order valence-corrected chi connectivity index (χ4v) is 4.14. The monoisotopic (exact) mass is 455 g/mol. The number of aromatic nitrogens is 6. The largest absolute Gasteiger partial charge is 0.354 e. The fraction of sp³-hybridized carbons (Fsp3) is 0.250. The summed E-state index contributed by atoms with van der Waals surface area (Å²) in [6.45, 7) is 5.53. The Morgan fingerprint density at radius 3 is 2.58 bits per heavy atom. The Morgan fingerprint density at radius 2 is 1.81 bits per heavy atom. The van der Waals surface area contributed by atoms with Crippen molar-refractivity contribution in [2.24, 2.45) is 0 Å². The minimum atomic E-state index is 0.497. The van der Waals surface area contributed by atoms with Gasteiger partial charge in [0.1, 0.15) is 35.1 Å². The van der Waals surface area contributed by atoms with Gasteiger partial charge in [-0.3, -0.25) is 0 Å². The lowest BCUT2D eigenvalue weighted by atomic mass is 10.2. The molecule has 0 aliphatic carbocycles. The topological polar surface area (TPSA) is 108 Å². The van der Waals surface area contributed by atoms with Crippen molar-refractivity contribution in [3.63, 3.8) is 0 Å². The molecule has 0 spiro atoms. The normalized spacial score (nSPS) is 14.2. The maximum atomic E-state index is 6.35. The molecule has 9 nitrogen and oxygen atoms in total. The lowest BCUT2D eigenvalue weighted by Crippen LogP contribution is -2.44. The number of benzene rings is 1. The van der Waals surface area contributed by atoms with Crippen LogP contribution in [0.5, 0.6) is 0 Å². The van der Waals surface area contributed by atoms with Gasteiger partial charge in [-0.15, -0.1) is 0 Å². The first-order valence-electron chi connectivity index (χ1n) is 9.82. The number of halogens is 2. The molecule has 4 aromatic rings. The molecule has 4 heterocycles. The van der Waals surface area contributed by atoms with E-state index in [2.05, 4.69) is 45.4 Å². The third-order valence-corrected chi connectivity index (χ3v) is 5.63. The highest BCUT2D eigenvalue weighted by Gasteiger charge is 2.17. The highest BCUT2D eigenvalue weighted by molar-refractivity contribution is 6.39. The Balaban J connectivity index is 1.51. The summed E-state index contributed by atoms with van der Waals surface area (Å²) in [4.78, 5) is 27.8. The van der Waals surface area contributed by atoms with E-state index in [1.807, 2.05) is 13.0 Å². The molecule has 5 rings (SSSR count). The number of anilines is 3. The van der Waals surface area contributed by atoms with Crippen molar-refractivity contribution in [3.8, 4) is 11.4 Å². The zero-order valence-electron chi connectivity index (χ0n) is 16.7. The fourth-order valence-electron chi connectivity index (χ4n) is 3.56. The van der Waals surface area contributed by atoms with Gasteiger partial charge in [-0.2, -0.15) is 0 Å². The number of H-pyrrole nitrogens is 1. The van der Waals surface area contributed by atoms with E-state index < -0.39 is 0 Å². The number of nitrogens with one attached hydrogen (secondary N) is 3. The molecule has 0 saturated carbocycles. The first kappa shape index (κ1) is 19.9. The van der Waals surface area contributed by atoms with Gasteiger partial charge in [0.25, 0.3) is 0 Å². The molecule has 3 N–H and O–H groups in total. The second-order valence-corrected chi connectivity index (χ2v) is 7.94. The number of hydrogen-bond acceptors (Lipinski definition) is 8. The standard InChI is InChI=1S/C20H19Cl2N9/c1-11-26-14(9-15(27-11)31-7-5-23-6-8-31)28-19-17-20(25-10-24-19)30-18(29-17)16-12(21)3-2-4-13(16)22/h2-4,9-10,23H,5-8H2,1H3,(H2,24,25,26,27,28,29,30). The summed E-state index contributed by atoms with van der Waals surface area (Å²) in [5.74, 6) is 3.28. The van der Waals surface area contributed by atoms with Crippen LogP contribution in [0.3, 0.4) is 0 Å². The van der Waals surface area contributed by atoms with Crippen LogP contribution in [0, 0.1) is 6.92 Å². The number of imidazole rings is 1. The minimum absolute atomic E-state index is 0.497. The second kappa shape index (κ2) is 8.26. The lowest BCUT2D eigenvalue weighted by Gasteiger charge is -2.28. The molecule has 1 aliphatic rings. The molecule has 1 aromatic carbocycles. The summed E-state index contributed by atoms with van der Waals surface area (Å²) < 4.78 is 0. The smallest absolute Gasteiger partial charge is 0.183 e. The number of aryl methyl sites for hydroxylation is 1. The molecule has 0 unspecified atom stereocenters. The minimum Gasteiger partial charge on any atom is -0.354 e. The molecule has 1 aliphatic heterocycles. The van der Waals surface area contributed by atoms with Crippen LogP contribution in [0.4, 0.5) is 17.5 Å². The lowest BCUT2D eigenvalue weighted by molar-refractivity contribution is 0.584. The summed E-state index contributed by atoms with van der Waals surface area (Å²) >= 11 is 12.7. The average Bonchev–Trinajstić information content (AvgIpc) is 3.19. The number of aromatic amines is 1. The molecule has 3 aromatic heterocycles. The van der Waals surface area contributed by atoms with Crippen LogP contribution in [0.1, 0.15) is 5.82 Å². The Kier molecular flexibility index (Phi) is 5.31. The molecule has 1 saturated heterocycles. The summed E-state index contributed by atoms with van der Waals surface area (Å²) in [6, 6.07) is 7.25. The zero-order valence-corrected chi connectivity index (χ0v) is 18.2. The maximum Gasteiger partial charge on any atom is 0.183 e. The van der Waals surface area contributed by atoms with Crippen molar-refractivity contribution in [1.29, 1.82) is 0 Å². The van der Waals surface area contributed by atoms with Crippen LogP contribution in [-0.2, 0) is 0 Å². The third-order valence-electron chi connectivity index (χ3n) is 5.00. The van der Waals surface area contributed by atoms with Gasteiger partial charge in [0.15, 0.2) is 11.5 Å². The molecule has 11 heteroatoms. The van der Waals surface area contributed by atoms with Crippen LogP contribution in [-0.4, -0.2) is 56.1 Å².